The van der Waals surface area contributed by atoms with Gasteiger partial charge in [-0.05, 0) is 29.4 Å². The maximum Gasteiger partial charge on any atom is 0.0294 e. The van der Waals surface area contributed by atoms with E-state index >= 15 is 0 Å². The fourth-order valence-electron chi connectivity index (χ4n) is 2.52. The topological polar surface area (TPSA) is 26.0 Å². The van der Waals surface area contributed by atoms with Crippen molar-refractivity contribution in [3.8, 4) is 0 Å². The highest BCUT2D eigenvalue weighted by molar-refractivity contribution is 5.29. The third-order valence-corrected chi connectivity index (χ3v) is 4.62. The van der Waals surface area contributed by atoms with Gasteiger partial charge in [0, 0.05) is 6.04 Å². The molecule has 114 valence electrons. The standard InChI is InChI=1S/C19H33N/c1-5-7-8-9-10-11-18(20)16-12-14-17(15-13-16)19(3,4)6-2/h12-15,18H,5-11,20H2,1-4H3. The van der Waals surface area contributed by atoms with Crippen molar-refractivity contribution < 1.29 is 0 Å². The fourth-order valence-corrected chi connectivity index (χ4v) is 2.52. The molecular weight excluding hydrogens is 242 g/mol. The van der Waals surface area contributed by atoms with E-state index in [-0.39, 0.29) is 11.5 Å². The van der Waals surface area contributed by atoms with Gasteiger partial charge in [0.05, 0.1) is 0 Å². The summed E-state index contributed by atoms with van der Waals surface area (Å²) >= 11 is 0. The van der Waals surface area contributed by atoms with Gasteiger partial charge in [0.15, 0.2) is 0 Å². The quantitative estimate of drug-likeness (QED) is 0.572. The second-order valence-corrected chi connectivity index (χ2v) is 6.67. The van der Waals surface area contributed by atoms with Gasteiger partial charge in [-0.25, -0.2) is 0 Å². The van der Waals surface area contributed by atoms with Crippen molar-refractivity contribution in [2.75, 3.05) is 0 Å². The molecular formula is C19H33N. The molecule has 1 nitrogen and oxygen atoms in total. The van der Waals surface area contributed by atoms with E-state index in [0.717, 1.165) is 12.8 Å². The summed E-state index contributed by atoms with van der Waals surface area (Å²) in [5, 5.41) is 0. The third-order valence-electron chi connectivity index (χ3n) is 4.62. The molecule has 0 fully saturated rings. The van der Waals surface area contributed by atoms with Crippen LogP contribution in [0.15, 0.2) is 24.3 Å². The van der Waals surface area contributed by atoms with Crippen LogP contribution in [0.5, 0.6) is 0 Å². The molecule has 0 radical (unpaired) electrons. The molecule has 0 aliphatic heterocycles. The van der Waals surface area contributed by atoms with Crippen LogP contribution in [0.2, 0.25) is 0 Å². The van der Waals surface area contributed by atoms with Crippen molar-refractivity contribution in [2.24, 2.45) is 5.73 Å². The van der Waals surface area contributed by atoms with Crippen LogP contribution in [0.25, 0.3) is 0 Å². The van der Waals surface area contributed by atoms with Crippen LogP contribution in [0, 0.1) is 0 Å². The van der Waals surface area contributed by atoms with Gasteiger partial charge in [0.25, 0.3) is 0 Å². The van der Waals surface area contributed by atoms with Gasteiger partial charge in [0.1, 0.15) is 0 Å². The monoisotopic (exact) mass is 275 g/mol. The van der Waals surface area contributed by atoms with E-state index in [0.29, 0.717) is 0 Å². The van der Waals surface area contributed by atoms with Gasteiger partial charge in [-0.15, -0.1) is 0 Å². The van der Waals surface area contributed by atoms with Gasteiger partial charge in [-0.2, -0.15) is 0 Å². The molecule has 1 unspecified atom stereocenters. The maximum atomic E-state index is 6.30. The van der Waals surface area contributed by atoms with E-state index in [1.807, 2.05) is 0 Å². The van der Waals surface area contributed by atoms with E-state index in [9.17, 15) is 0 Å². The van der Waals surface area contributed by atoms with Crippen molar-refractivity contribution in [3.63, 3.8) is 0 Å². The van der Waals surface area contributed by atoms with Crippen molar-refractivity contribution in [2.45, 2.75) is 84.1 Å². The average Bonchev–Trinajstić information content (AvgIpc) is 2.47. The molecule has 0 bridgehead atoms. The number of benzene rings is 1. The summed E-state index contributed by atoms with van der Waals surface area (Å²) in [6.45, 7) is 9.10. The van der Waals surface area contributed by atoms with E-state index < -0.39 is 0 Å². The minimum Gasteiger partial charge on any atom is -0.324 e. The van der Waals surface area contributed by atoms with Crippen molar-refractivity contribution in [3.05, 3.63) is 35.4 Å². The van der Waals surface area contributed by atoms with Gasteiger partial charge in [-0.3, -0.25) is 0 Å². The Bertz CT molecular complexity index is 364. The first-order valence-corrected chi connectivity index (χ1v) is 8.37. The summed E-state index contributed by atoms with van der Waals surface area (Å²) in [6, 6.07) is 9.17. The van der Waals surface area contributed by atoms with Crippen LogP contribution in [-0.2, 0) is 5.41 Å². The molecule has 0 aliphatic carbocycles. The number of rotatable bonds is 9. The second kappa shape index (κ2) is 8.46. The molecule has 1 heteroatoms. The van der Waals surface area contributed by atoms with E-state index in [4.69, 9.17) is 5.73 Å². The van der Waals surface area contributed by atoms with Gasteiger partial charge >= 0.3 is 0 Å². The molecule has 2 N–H and O–H groups in total. The smallest absolute Gasteiger partial charge is 0.0294 e. The van der Waals surface area contributed by atoms with Gasteiger partial charge in [-0.1, -0.05) is 84.1 Å². The molecule has 0 amide bonds. The number of unbranched alkanes of at least 4 members (excludes halogenated alkanes) is 4. The predicted octanol–water partition coefficient (Wildman–Crippen LogP) is 5.73. The average molecular weight is 275 g/mol. The van der Waals surface area contributed by atoms with Crippen LogP contribution in [-0.4, -0.2) is 0 Å². The van der Waals surface area contributed by atoms with E-state index in [1.165, 1.54) is 43.2 Å². The Morgan fingerprint density at radius 1 is 0.950 bits per heavy atom. The SMILES string of the molecule is CCCCCCCC(N)c1ccc(C(C)(C)CC)cc1. The number of nitrogens with two attached hydrogens (primary N) is 1. The Labute approximate surface area is 126 Å². The van der Waals surface area contributed by atoms with Crippen LogP contribution < -0.4 is 5.73 Å². The zero-order valence-corrected chi connectivity index (χ0v) is 13.9. The van der Waals surface area contributed by atoms with E-state index in [1.54, 1.807) is 0 Å². The summed E-state index contributed by atoms with van der Waals surface area (Å²) in [7, 11) is 0. The lowest BCUT2D eigenvalue weighted by molar-refractivity contribution is 0.505. The molecule has 20 heavy (non-hydrogen) atoms. The molecule has 1 atom stereocenters. The Morgan fingerprint density at radius 3 is 2.10 bits per heavy atom. The lowest BCUT2D eigenvalue weighted by Gasteiger charge is -2.24. The zero-order chi connectivity index (χ0) is 15.0. The van der Waals surface area contributed by atoms with Gasteiger partial charge in [0.2, 0.25) is 0 Å². The molecule has 1 rings (SSSR count). The zero-order valence-electron chi connectivity index (χ0n) is 13.9. The summed E-state index contributed by atoms with van der Waals surface area (Å²) in [5.74, 6) is 0. The highest BCUT2D eigenvalue weighted by Gasteiger charge is 2.17. The third kappa shape index (κ3) is 5.28. The highest BCUT2D eigenvalue weighted by atomic mass is 14.6. The largest absolute Gasteiger partial charge is 0.324 e. The molecule has 0 saturated carbocycles. The second-order valence-electron chi connectivity index (χ2n) is 6.67. The Kier molecular flexibility index (Phi) is 7.29. The highest BCUT2D eigenvalue weighted by Crippen LogP contribution is 2.28. The van der Waals surface area contributed by atoms with E-state index in [2.05, 4.69) is 52.0 Å². The Balaban J connectivity index is 2.47. The van der Waals surface area contributed by atoms with Crippen molar-refractivity contribution in [1.29, 1.82) is 0 Å². The lowest BCUT2D eigenvalue weighted by Crippen LogP contribution is -2.16. The molecule has 1 aromatic carbocycles. The Morgan fingerprint density at radius 2 is 1.55 bits per heavy atom. The van der Waals surface area contributed by atoms with Crippen LogP contribution in [0.4, 0.5) is 0 Å². The summed E-state index contributed by atoms with van der Waals surface area (Å²) in [6.07, 6.45) is 8.87. The first kappa shape index (κ1) is 17.2. The predicted molar refractivity (Wildman–Crippen MR) is 90.1 cm³/mol. The molecule has 0 aromatic heterocycles. The van der Waals surface area contributed by atoms with Crippen LogP contribution >= 0.6 is 0 Å². The minimum atomic E-state index is 0.204. The molecule has 0 heterocycles. The van der Waals surface area contributed by atoms with Crippen molar-refractivity contribution in [1.82, 2.24) is 0 Å². The molecule has 0 spiro atoms. The normalized spacial score (nSPS) is 13.4. The molecule has 1 aromatic rings. The van der Waals surface area contributed by atoms with Gasteiger partial charge < -0.3 is 5.73 Å². The minimum absolute atomic E-state index is 0.204. The van der Waals surface area contributed by atoms with Crippen LogP contribution in [0.3, 0.4) is 0 Å². The van der Waals surface area contributed by atoms with Crippen LogP contribution in [0.1, 0.15) is 89.8 Å². The fraction of sp³-hybridized carbons (Fsp3) is 0.684. The number of hydrogen-bond donors (Lipinski definition) is 1. The molecule has 0 aliphatic rings. The summed E-state index contributed by atoms with van der Waals surface area (Å²) < 4.78 is 0. The first-order chi connectivity index (χ1) is 9.51. The first-order valence-electron chi connectivity index (χ1n) is 8.37. The molecule has 0 saturated heterocycles. The van der Waals surface area contributed by atoms with Crippen molar-refractivity contribution >= 4 is 0 Å². The lowest BCUT2D eigenvalue weighted by atomic mass is 9.81. The summed E-state index contributed by atoms with van der Waals surface area (Å²) in [5.41, 5.74) is 9.27. The Hall–Kier alpha value is -0.820. The maximum absolute atomic E-state index is 6.30. The number of hydrogen-bond acceptors (Lipinski definition) is 1. The summed E-state index contributed by atoms with van der Waals surface area (Å²) in [4.78, 5) is 0.